The Morgan fingerprint density at radius 1 is 1.47 bits per heavy atom. The molecule has 0 atom stereocenters. The Hall–Kier alpha value is -1.56. The molecule has 0 aliphatic carbocycles. The Labute approximate surface area is 112 Å². The van der Waals surface area contributed by atoms with E-state index in [1.54, 1.807) is 7.05 Å². The first-order valence-corrected chi connectivity index (χ1v) is 6.89. The smallest absolute Gasteiger partial charge is 0.317 e. The van der Waals surface area contributed by atoms with Crippen molar-refractivity contribution in [3.8, 4) is 0 Å². The van der Waals surface area contributed by atoms with Crippen LogP contribution in [0.1, 0.15) is 30.1 Å². The van der Waals surface area contributed by atoms with Crippen molar-refractivity contribution in [2.24, 2.45) is 0 Å². The number of urea groups is 1. The Balaban J connectivity index is 1.77. The van der Waals surface area contributed by atoms with Gasteiger partial charge >= 0.3 is 6.03 Å². The molecule has 0 radical (unpaired) electrons. The van der Waals surface area contributed by atoms with Gasteiger partial charge in [-0.25, -0.2) is 4.79 Å². The van der Waals surface area contributed by atoms with Crippen LogP contribution in [0, 0.1) is 0 Å². The largest absolute Gasteiger partial charge is 0.381 e. The third-order valence-corrected chi connectivity index (χ3v) is 4.00. The summed E-state index contributed by atoms with van der Waals surface area (Å²) in [4.78, 5) is 13.5. The lowest BCUT2D eigenvalue weighted by molar-refractivity contribution is 0.0651. The van der Waals surface area contributed by atoms with Crippen molar-refractivity contribution < 1.29 is 9.53 Å². The van der Waals surface area contributed by atoms with Crippen LogP contribution in [0.4, 0.5) is 4.79 Å². The number of aromatic nitrogens is 2. The topological polar surface area (TPSA) is 59.4 Å². The SMILES string of the molecule is CNC(=O)N1CCc2c(cnn2C2CCOCC2)C1. The molecule has 104 valence electrons. The number of nitrogens with one attached hydrogen (secondary N) is 1. The third kappa shape index (κ3) is 2.32. The zero-order valence-corrected chi connectivity index (χ0v) is 11.3. The van der Waals surface area contributed by atoms with E-state index >= 15 is 0 Å². The molecule has 0 unspecified atom stereocenters. The van der Waals surface area contributed by atoms with Crippen LogP contribution >= 0.6 is 0 Å². The van der Waals surface area contributed by atoms with Crippen molar-refractivity contribution in [2.45, 2.75) is 31.8 Å². The van der Waals surface area contributed by atoms with Crippen LogP contribution in [0.25, 0.3) is 0 Å². The van der Waals surface area contributed by atoms with E-state index < -0.39 is 0 Å². The first-order valence-electron chi connectivity index (χ1n) is 6.89. The molecule has 19 heavy (non-hydrogen) atoms. The molecule has 1 N–H and O–H groups in total. The highest BCUT2D eigenvalue weighted by molar-refractivity contribution is 5.74. The predicted octanol–water partition coefficient (Wildman–Crippen LogP) is 0.932. The van der Waals surface area contributed by atoms with Crippen molar-refractivity contribution >= 4 is 6.03 Å². The van der Waals surface area contributed by atoms with Crippen molar-refractivity contribution in [3.05, 3.63) is 17.5 Å². The molecule has 3 rings (SSSR count). The number of ether oxygens (including phenoxy) is 1. The Morgan fingerprint density at radius 2 is 2.26 bits per heavy atom. The molecule has 2 aliphatic heterocycles. The number of hydrogen-bond donors (Lipinski definition) is 1. The van der Waals surface area contributed by atoms with E-state index in [-0.39, 0.29) is 6.03 Å². The van der Waals surface area contributed by atoms with Crippen LogP contribution in [-0.2, 0) is 17.7 Å². The van der Waals surface area contributed by atoms with Gasteiger partial charge in [-0.15, -0.1) is 0 Å². The van der Waals surface area contributed by atoms with Crippen molar-refractivity contribution in [2.75, 3.05) is 26.8 Å². The molecule has 0 saturated carbocycles. The zero-order chi connectivity index (χ0) is 13.2. The highest BCUT2D eigenvalue weighted by Crippen LogP contribution is 2.26. The van der Waals surface area contributed by atoms with Crippen LogP contribution in [0.15, 0.2) is 6.20 Å². The number of amides is 2. The fourth-order valence-electron chi connectivity index (χ4n) is 2.93. The summed E-state index contributed by atoms with van der Waals surface area (Å²) in [6, 6.07) is 0.452. The molecule has 0 spiro atoms. The highest BCUT2D eigenvalue weighted by Gasteiger charge is 2.26. The summed E-state index contributed by atoms with van der Waals surface area (Å²) in [5.41, 5.74) is 2.48. The van der Waals surface area contributed by atoms with Gasteiger partial charge in [0, 0.05) is 44.5 Å². The van der Waals surface area contributed by atoms with E-state index in [0.717, 1.165) is 39.0 Å². The summed E-state index contributed by atoms with van der Waals surface area (Å²) >= 11 is 0. The van der Waals surface area contributed by atoms with Gasteiger partial charge in [-0.05, 0) is 12.8 Å². The van der Waals surface area contributed by atoms with Gasteiger partial charge in [0.2, 0.25) is 0 Å². The molecule has 1 saturated heterocycles. The van der Waals surface area contributed by atoms with Gasteiger partial charge < -0.3 is 15.0 Å². The molecular weight excluding hydrogens is 244 g/mol. The number of hydrogen-bond acceptors (Lipinski definition) is 3. The van der Waals surface area contributed by atoms with E-state index in [2.05, 4.69) is 15.1 Å². The molecule has 3 heterocycles. The van der Waals surface area contributed by atoms with Gasteiger partial charge in [0.15, 0.2) is 0 Å². The molecule has 2 amide bonds. The Kier molecular flexibility index (Phi) is 3.42. The summed E-state index contributed by atoms with van der Waals surface area (Å²) in [6.45, 7) is 3.08. The fourth-order valence-corrected chi connectivity index (χ4v) is 2.93. The molecule has 2 aliphatic rings. The number of carbonyl (C=O) groups excluding carboxylic acids is 1. The van der Waals surface area contributed by atoms with Gasteiger partial charge in [-0.1, -0.05) is 0 Å². The lowest BCUT2D eigenvalue weighted by Crippen LogP contribution is -2.41. The summed E-state index contributed by atoms with van der Waals surface area (Å²) in [7, 11) is 1.67. The molecular formula is C13H20N4O2. The van der Waals surface area contributed by atoms with Gasteiger partial charge in [0.25, 0.3) is 0 Å². The average molecular weight is 264 g/mol. The highest BCUT2D eigenvalue weighted by atomic mass is 16.5. The summed E-state index contributed by atoms with van der Waals surface area (Å²) in [5, 5.41) is 7.22. The molecule has 1 fully saturated rings. The number of rotatable bonds is 1. The second kappa shape index (κ2) is 5.21. The molecule has 0 bridgehead atoms. The van der Waals surface area contributed by atoms with Gasteiger partial charge in [0.1, 0.15) is 0 Å². The monoisotopic (exact) mass is 264 g/mol. The normalized spacial score (nSPS) is 20.2. The molecule has 6 heteroatoms. The third-order valence-electron chi connectivity index (χ3n) is 4.00. The van der Waals surface area contributed by atoms with Crippen molar-refractivity contribution in [3.63, 3.8) is 0 Å². The van der Waals surface area contributed by atoms with E-state index in [0.29, 0.717) is 12.6 Å². The second-order valence-electron chi connectivity index (χ2n) is 5.13. The lowest BCUT2D eigenvalue weighted by Gasteiger charge is -2.29. The quantitative estimate of drug-likeness (QED) is 0.821. The van der Waals surface area contributed by atoms with E-state index in [1.165, 1.54) is 11.3 Å². The minimum Gasteiger partial charge on any atom is -0.381 e. The van der Waals surface area contributed by atoms with E-state index in [1.807, 2.05) is 11.1 Å². The maximum Gasteiger partial charge on any atom is 0.317 e. The van der Waals surface area contributed by atoms with Gasteiger partial charge in [-0.2, -0.15) is 5.10 Å². The van der Waals surface area contributed by atoms with Crippen molar-refractivity contribution in [1.82, 2.24) is 20.0 Å². The number of carbonyl (C=O) groups is 1. The minimum atomic E-state index is -0.00975. The fraction of sp³-hybridized carbons (Fsp3) is 0.692. The predicted molar refractivity (Wildman–Crippen MR) is 69.9 cm³/mol. The van der Waals surface area contributed by atoms with Gasteiger partial charge in [0.05, 0.1) is 18.8 Å². The number of nitrogens with zero attached hydrogens (tertiary/aromatic N) is 3. The summed E-state index contributed by atoms with van der Waals surface area (Å²) in [5.74, 6) is 0. The summed E-state index contributed by atoms with van der Waals surface area (Å²) in [6.07, 6.45) is 4.88. The first kappa shape index (κ1) is 12.5. The van der Waals surface area contributed by atoms with Crippen LogP contribution in [0.2, 0.25) is 0 Å². The van der Waals surface area contributed by atoms with E-state index in [9.17, 15) is 4.79 Å². The average Bonchev–Trinajstić information content (AvgIpc) is 2.90. The van der Waals surface area contributed by atoms with Crippen LogP contribution in [-0.4, -0.2) is 47.5 Å². The minimum absolute atomic E-state index is 0.00975. The number of fused-ring (bicyclic) bond motifs is 1. The molecule has 1 aromatic heterocycles. The molecule has 1 aromatic rings. The molecule has 6 nitrogen and oxygen atoms in total. The van der Waals surface area contributed by atoms with E-state index in [4.69, 9.17) is 4.74 Å². The maximum absolute atomic E-state index is 11.7. The van der Waals surface area contributed by atoms with Crippen LogP contribution < -0.4 is 5.32 Å². The standard InChI is InChI=1S/C13H20N4O2/c1-14-13(18)16-5-2-12-10(9-16)8-15-17(12)11-3-6-19-7-4-11/h8,11H,2-7,9H2,1H3,(H,14,18). The van der Waals surface area contributed by atoms with Crippen molar-refractivity contribution in [1.29, 1.82) is 0 Å². The molecule has 0 aromatic carbocycles. The Bertz CT molecular complexity index is 465. The van der Waals surface area contributed by atoms with Gasteiger partial charge in [-0.3, -0.25) is 4.68 Å². The first-order chi connectivity index (χ1) is 9.29. The van der Waals surface area contributed by atoms with Crippen LogP contribution in [0.5, 0.6) is 0 Å². The summed E-state index contributed by atoms with van der Waals surface area (Å²) < 4.78 is 7.57. The maximum atomic E-state index is 11.7. The lowest BCUT2D eigenvalue weighted by atomic mass is 10.1. The Morgan fingerprint density at radius 3 is 3.00 bits per heavy atom. The second-order valence-corrected chi connectivity index (χ2v) is 5.13. The zero-order valence-electron chi connectivity index (χ0n) is 11.3. The van der Waals surface area contributed by atoms with Crippen LogP contribution in [0.3, 0.4) is 0 Å².